The number of unbranched alkanes of at least 4 members (excludes halogenated alkanes) is 1. The Balaban J connectivity index is 1.54. The van der Waals surface area contributed by atoms with Crippen LogP contribution in [0.25, 0.3) is 0 Å². The first-order valence-electron chi connectivity index (χ1n) is 14.0. The number of nitrogens with zero attached hydrogens (tertiary/aromatic N) is 1. The molecular formula is C35H39NO4. The van der Waals surface area contributed by atoms with Crippen molar-refractivity contribution in [2.45, 2.75) is 79.6 Å². The number of aryl methyl sites for hydroxylation is 1. The third kappa shape index (κ3) is 7.76. The SMILES string of the molecule is CCCCc1ccc(C#Cc2ccc(CN(C(=O)CC(C)(C)C)c3ccc4c(c3)OC(C)(C)OC4=O)cc2)cc1. The van der Waals surface area contributed by atoms with Gasteiger partial charge in [0.1, 0.15) is 11.3 Å². The number of fused-ring (bicyclic) bond motifs is 1. The highest BCUT2D eigenvalue weighted by molar-refractivity contribution is 5.97. The second-order valence-electron chi connectivity index (χ2n) is 12.0. The van der Waals surface area contributed by atoms with Crippen LogP contribution in [0.15, 0.2) is 66.7 Å². The number of hydrogen-bond donors (Lipinski definition) is 0. The lowest BCUT2D eigenvalue weighted by atomic mass is 9.91. The summed E-state index contributed by atoms with van der Waals surface area (Å²) in [4.78, 5) is 27.7. The standard InChI is InChI=1S/C35H39NO4/c1-7-8-9-25-10-12-26(13-11-25)14-15-27-16-18-28(19-17-27)24-36(32(37)23-34(2,3)4)29-20-21-30-31(22-29)39-35(5,6)40-33(30)38/h10-13,16-22H,7-9,23-24H2,1-6H3. The molecule has 40 heavy (non-hydrogen) atoms. The number of amides is 1. The van der Waals surface area contributed by atoms with E-state index in [2.05, 4.69) is 43.0 Å². The zero-order chi connectivity index (χ0) is 28.9. The molecule has 0 saturated carbocycles. The topological polar surface area (TPSA) is 55.8 Å². The Bertz CT molecular complexity index is 1420. The Morgan fingerprint density at radius 1 is 0.875 bits per heavy atom. The molecule has 0 bridgehead atoms. The van der Waals surface area contributed by atoms with Gasteiger partial charge in [0, 0.05) is 43.1 Å². The number of carbonyl (C=O) groups is 2. The minimum absolute atomic E-state index is 0.00338. The van der Waals surface area contributed by atoms with Gasteiger partial charge in [-0.25, -0.2) is 4.79 Å². The molecule has 0 saturated heterocycles. The van der Waals surface area contributed by atoms with Crippen LogP contribution < -0.4 is 9.64 Å². The number of anilines is 1. The smallest absolute Gasteiger partial charge is 0.345 e. The van der Waals surface area contributed by atoms with E-state index in [0.717, 1.165) is 23.1 Å². The highest BCUT2D eigenvalue weighted by Gasteiger charge is 2.34. The van der Waals surface area contributed by atoms with Gasteiger partial charge in [0.15, 0.2) is 0 Å². The average molecular weight is 538 g/mol. The molecule has 0 spiro atoms. The monoisotopic (exact) mass is 537 g/mol. The van der Waals surface area contributed by atoms with Crippen LogP contribution in [-0.2, 0) is 22.5 Å². The summed E-state index contributed by atoms with van der Waals surface area (Å²) >= 11 is 0. The molecule has 1 aliphatic heterocycles. The fourth-order valence-electron chi connectivity index (χ4n) is 4.52. The molecule has 1 amide bonds. The van der Waals surface area contributed by atoms with Crippen molar-refractivity contribution in [3.8, 4) is 17.6 Å². The van der Waals surface area contributed by atoms with Gasteiger partial charge >= 0.3 is 5.97 Å². The first-order chi connectivity index (χ1) is 18.9. The van der Waals surface area contributed by atoms with Crippen LogP contribution in [0.3, 0.4) is 0 Å². The highest BCUT2D eigenvalue weighted by Crippen LogP contribution is 2.35. The fraction of sp³-hybridized carbons (Fsp3) is 0.371. The van der Waals surface area contributed by atoms with E-state index in [1.54, 1.807) is 36.9 Å². The molecule has 4 rings (SSSR count). The number of rotatable bonds is 7. The van der Waals surface area contributed by atoms with Crippen LogP contribution in [0.5, 0.6) is 5.75 Å². The summed E-state index contributed by atoms with van der Waals surface area (Å²) < 4.78 is 11.3. The molecule has 0 N–H and O–H groups in total. The van der Waals surface area contributed by atoms with Gasteiger partial charge in [-0.2, -0.15) is 0 Å². The minimum atomic E-state index is -1.07. The van der Waals surface area contributed by atoms with Gasteiger partial charge in [-0.1, -0.05) is 70.2 Å². The van der Waals surface area contributed by atoms with Gasteiger partial charge in [0.05, 0.1) is 6.54 Å². The van der Waals surface area contributed by atoms with E-state index in [-0.39, 0.29) is 11.3 Å². The van der Waals surface area contributed by atoms with E-state index in [1.807, 2.05) is 45.0 Å². The summed E-state index contributed by atoms with van der Waals surface area (Å²) in [6.45, 7) is 12.1. The van der Waals surface area contributed by atoms with Crippen molar-refractivity contribution < 1.29 is 19.1 Å². The first-order valence-corrected chi connectivity index (χ1v) is 14.0. The van der Waals surface area contributed by atoms with Crippen molar-refractivity contribution in [1.82, 2.24) is 0 Å². The number of cyclic esters (lactones) is 1. The molecule has 0 unspecified atom stereocenters. The van der Waals surface area contributed by atoms with Gasteiger partial charge in [-0.15, -0.1) is 0 Å². The zero-order valence-electron chi connectivity index (χ0n) is 24.5. The largest absolute Gasteiger partial charge is 0.452 e. The molecule has 5 heteroatoms. The van der Waals surface area contributed by atoms with Gasteiger partial charge in [0.2, 0.25) is 11.7 Å². The summed E-state index contributed by atoms with van der Waals surface area (Å²) in [5.74, 6) is 5.39. The van der Waals surface area contributed by atoms with Crippen molar-refractivity contribution in [1.29, 1.82) is 0 Å². The first kappa shape index (κ1) is 29.0. The van der Waals surface area contributed by atoms with Crippen molar-refractivity contribution in [2.75, 3.05) is 4.90 Å². The quantitative estimate of drug-likeness (QED) is 0.229. The molecule has 1 heterocycles. The van der Waals surface area contributed by atoms with Crippen LogP contribution in [0.2, 0.25) is 0 Å². The van der Waals surface area contributed by atoms with Crippen molar-refractivity contribution >= 4 is 17.6 Å². The minimum Gasteiger partial charge on any atom is -0.452 e. The summed E-state index contributed by atoms with van der Waals surface area (Å²) in [5, 5.41) is 0. The van der Waals surface area contributed by atoms with Crippen LogP contribution in [0, 0.1) is 17.3 Å². The summed E-state index contributed by atoms with van der Waals surface area (Å²) in [7, 11) is 0. The number of ether oxygens (including phenoxy) is 2. The second kappa shape index (κ2) is 12.0. The Kier molecular flexibility index (Phi) is 8.69. The van der Waals surface area contributed by atoms with E-state index in [9.17, 15) is 9.59 Å². The molecule has 3 aromatic carbocycles. The lowest BCUT2D eigenvalue weighted by Crippen LogP contribution is -2.39. The second-order valence-corrected chi connectivity index (χ2v) is 12.0. The molecule has 208 valence electrons. The molecule has 0 fully saturated rings. The molecule has 0 aromatic heterocycles. The summed E-state index contributed by atoms with van der Waals surface area (Å²) in [6.07, 6.45) is 3.86. The third-order valence-electron chi connectivity index (χ3n) is 6.59. The van der Waals surface area contributed by atoms with Gasteiger partial charge in [0.25, 0.3) is 0 Å². The molecule has 3 aromatic rings. The van der Waals surface area contributed by atoms with Crippen molar-refractivity contribution in [2.24, 2.45) is 5.41 Å². The van der Waals surface area contributed by atoms with Gasteiger partial charge in [-0.3, -0.25) is 4.79 Å². The highest BCUT2D eigenvalue weighted by atomic mass is 16.7. The molecule has 0 aliphatic carbocycles. The lowest BCUT2D eigenvalue weighted by molar-refractivity contribution is -0.127. The molecule has 0 radical (unpaired) electrons. The number of hydrogen-bond acceptors (Lipinski definition) is 4. The number of esters is 1. The van der Waals surface area contributed by atoms with E-state index < -0.39 is 11.8 Å². The van der Waals surface area contributed by atoms with Crippen LogP contribution >= 0.6 is 0 Å². The summed E-state index contributed by atoms with van der Waals surface area (Å²) in [6, 6.07) is 21.6. The summed E-state index contributed by atoms with van der Waals surface area (Å²) in [5.41, 5.74) is 5.07. The molecule has 0 atom stereocenters. The third-order valence-corrected chi connectivity index (χ3v) is 6.59. The maximum Gasteiger partial charge on any atom is 0.345 e. The number of benzene rings is 3. The Labute approximate surface area is 238 Å². The predicted molar refractivity (Wildman–Crippen MR) is 159 cm³/mol. The van der Waals surface area contributed by atoms with E-state index in [0.29, 0.717) is 30.0 Å². The maximum absolute atomic E-state index is 13.5. The predicted octanol–water partition coefficient (Wildman–Crippen LogP) is 7.68. The Hall–Kier alpha value is -4.04. The molecule has 1 aliphatic rings. The average Bonchev–Trinajstić information content (AvgIpc) is 2.88. The van der Waals surface area contributed by atoms with Gasteiger partial charge < -0.3 is 14.4 Å². The van der Waals surface area contributed by atoms with Crippen molar-refractivity contribution in [3.05, 3.63) is 94.5 Å². The zero-order valence-corrected chi connectivity index (χ0v) is 24.5. The van der Waals surface area contributed by atoms with E-state index in [1.165, 1.54) is 18.4 Å². The van der Waals surface area contributed by atoms with Crippen molar-refractivity contribution in [3.63, 3.8) is 0 Å². The molecular weight excluding hydrogens is 498 g/mol. The maximum atomic E-state index is 13.5. The van der Waals surface area contributed by atoms with Crippen LogP contribution in [-0.4, -0.2) is 17.7 Å². The Morgan fingerprint density at radius 2 is 1.48 bits per heavy atom. The van der Waals surface area contributed by atoms with Crippen LogP contribution in [0.1, 0.15) is 93.4 Å². The normalized spacial score (nSPS) is 13.8. The number of carbonyl (C=O) groups excluding carboxylic acids is 2. The Morgan fingerprint density at radius 3 is 2.05 bits per heavy atom. The fourth-order valence-corrected chi connectivity index (χ4v) is 4.52. The van der Waals surface area contributed by atoms with E-state index in [4.69, 9.17) is 9.47 Å². The lowest BCUT2D eigenvalue weighted by Gasteiger charge is -2.33. The van der Waals surface area contributed by atoms with E-state index >= 15 is 0 Å². The molecule has 5 nitrogen and oxygen atoms in total. The van der Waals surface area contributed by atoms with Gasteiger partial charge in [-0.05, 0) is 65.8 Å². The van der Waals surface area contributed by atoms with Crippen LogP contribution in [0.4, 0.5) is 5.69 Å².